The average molecular weight is 181 g/mol. The molecule has 0 aliphatic heterocycles. The number of amides is 1. The van der Waals surface area contributed by atoms with Crippen LogP contribution in [0.1, 0.15) is 13.8 Å². The van der Waals surface area contributed by atoms with Crippen molar-refractivity contribution < 1.29 is 17.8 Å². The van der Waals surface area contributed by atoms with Gasteiger partial charge in [-0.2, -0.15) is 8.42 Å². The lowest BCUT2D eigenvalue weighted by molar-refractivity contribution is -0.122. The van der Waals surface area contributed by atoms with E-state index in [0.29, 0.717) is 0 Å². The molecular formula is C5H11NO4S. The highest BCUT2D eigenvalue weighted by Gasteiger charge is 2.39. The maximum Gasteiger partial charge on any atom is 0.279 e. The molecule has 5 nitrogen and oxygen atoms in total. The van der Waals surface area contributed by atoms with Crippen molar-refractivity contribution in [2.75, 3.05) is 7.05 Å². The van der Waals surface area contributed by atoms with Crippen LogP contribution in [0, 0.1) is 0 Å². The summed E-state index contributed by atoms with van der Waals surface area (Å²) in [6, 6.07) is 0. The molecule has 0 radical (unpaired) electrons. The Morgan fingerprint density at radius 2 is 1.82 bits per heavy atom. The molecule has 0 saturated carbocycles. The van der Waals surface area contributed by atoms with Crippen LogP contribution in [0.2, 0.25) is 0 Å². The van der Waals surface area contributed by atoms with Crippen molar-refractivity contribution in [2.24, 2.45) is 0 Å². The van der Waals surface area contributed by atoms with Crippen LogP contribution in [0.5, 0.6) is 0 Å². The minimum absolute atomic E-state index is 0.736. The summed E-state index contributed by atoms with van der Waals surface area (Å²) in [5.74, 6) is -0.736. The molecule has 11 heavy (non-hydrogen) atoms. The lowest BCUT2D eigenvalue weighted by atomic mass is 10.2. The maximum absolute atomic E-state index is 10.8. The van der Waals surface area contributed by atoms with Gasteiger partial charge in [0.15, 0.2) is 4.75 Å². The van der Waals surface area contributed by atoms with Crippen molar-refractivity contribution in [2.45, 2.75) is 18.6 Å². The minimum atomic E-state index is -4.33. The van der Waals surface area contributed by atoms with Crippen LogP contribution in [0.4, 0.5) is 0 Å². The highest BCUT2D eigenvalue weighted by molar-refractivity contribution is 7.88. The van der Waals surface area contributed by atoms with Crippen LogP contribution in [-0.4, -0.2) is 30.7 Å². The Balaban J connectivity index is 4.90. The van der Waals surface area contributed by atoms with Gasteiger partial charge in [-0.25, -0.2) is 0 Å². The van der Waals surface area contributed by atoms with Crippen LogP contribution in [0.15, 0.2) is 0 Å². The van der Waals surface area contributed by atoms with E-state index < -0.39 is 20.8 Å². The Hall–Kier alpha value is -0.620. The van der Waals surface area contributed by atoms with Gasteiger partial charge in [0.05, 0.1) is 0 Å². The quantitative estimate of drug-likeness (QED) is 0.557. The van der Waals surface area contributed by atoms with Crippen LogP contribution >= 0.6 is 0 Å². The summed E-state index contributed by atoms with van der Waals surface area (Å²) in [6.45, 7) is 2.25. The normalized spacial score (nSPS) is 12.7. The van der Waals surface area contributed by atoms with Crippen molar-refractivity contribution in [1.82, 2.24) is 5.32 Å². The fourth-order valence-corrected chi connectivity index (χ4v) is 0.755. The topological polar surface area (TPSA) is 83.5 Å². The predicted molar refractivity (Wildman–Crippen MR) is 39.7 cm³/mol. The van der Waals surface area contributed by atoms with E-state index in [-0.39, 0.29) is 0 Å². The Morgan fingerprint density at radius 1 is 1.45 bits per heavy atom. The summed E-state index contributed by atoms with van der Waals surface area (Å²) < 4.78 is 27.9. The first kappa shape index (κ1) is 10.4. The third kappa shape index (κ3) is 1.90. The molecule has 0 fully saturated rings. The molecule has 66 valence electrons. The monoisotopic (exact) mass is 181 g/mol. The van der Waals surface area contributed by atoms with Gasteiger partial charge in [-0.05, 0) is 13.8 Å². The molecule has 0 saturated heterocycles. The van der Waals surface area contributed by atoms with Gasteiger partial charge in [0.25, 0.3) is 10.1 Å². The van der Waals surface area contributed by atoms with E-state index >= 15 is 0 Å². The van der Waals surface area contributed by atoms with Gasteiger partial charge in [-0.1, -0.05) is 0 Å². The molecule has 0 aliphatic carbocycles. The third-order valence-corrected chi connectivity index (χ3v) is 2.89. The second-order valence-electron chi connectivity index (χ2n) is 2.56. The number of nitrogens with one attached hydrogen (secondary N) is 1. The van der Waals surface area contributed by atoms with E-state index in [1.54, 1.807) is 0 Å². The fraction of sp³-hybridized carbons (Fsp3) is 0.800. The molecule has 0 aromatic heterocycles. The molecule has 1 amide bonds. The zero-order chi connectivity index (χ0) is 9.28. The van der Waals surface area contributed by atoms with Crippen LogP contribution < -0.4 is 5.32 Å². The van der Waals surface area contributed by atoms with Crippen molar-refractivity contribution in [3.63, 3.8) is 0 Å². The summed E-state index contributed by atoms with van der Waals surface area (Å²) in [5.41, 5.74) is 0. The number of hydrogen-bond donors (Lipinski definition) is 2. The number of carbonyl (C=O) groups excluding carboxylic acids is 1. The van der Waals surface area contributed by atoms with E-state index in [2.05, 4.69) is 5.32 Å². The first-order chi connectivity index (χ1) is 4.73. The zero-order valence-electron chi connectivity index (χ0n) is 6.58. The number of carbonyl (C=O) groups is 1. The van der Waals surface area contributed by atoms with Crippen molar-refractivity contribution in [3.8, 4) is 0 Å². The summed E-state index contributed by atoms with van der Waals surface area (Å²) in [4.78, 5) is 10.8. The van der Waals surface area contributed by atoms with Crippen molar-refractivity contribution in [1.29, 1.82) is 0 Å². The summed E-state index contributed by atoms with van der Waals surface area (Å²) in [5, 5.41) is 2.13. The third-order valence-electron chi connectivity index (χ3n) is 1.42. The molecule has 0 aliphatic rings. The molecule has 0 rings (SSSR count). The van der Waals surface area contributed by atoms with E-state index in [9.17, 15) is 13.2 Å². The lowest BCUT2D eigenvalue weighted by Crippen LogP contribution is -2.46. The molecule has 0 unspecified atom stereocenters. The Kier molecular flexibility index (Phi) is 2.63. The minimum Gasteiger partial charge on any atom is -0.358 e. The SMILES string of the molecule is CNC(=O)C(C)(C)S(=O)(=O)O. The standard InChI is InChI=1S/C5H11NO4S/c1-5(2,4(7)6-3)11(8,9)10/h1-3H3,(H,6,7)(H,8,9,10). The van der Waals surface area contributed by atoms with Crippen LogP contribution in [0.25, 0.3) is 0 Å². The van der Waals surface area contributed by atoms with E-state index in [1.807, 2.05) is 0 Å². The second kappa shape index (κ2) is 2.78. The highest BCUT2D eigenvalue weighted by atomic mass is 32.2. The van der Waals surface area contributed by atoms with Crippen molar-refractivity contribution in [3.05, 3.63) is 0 Å². The van der Waals surface area contributed by atoms with E-state index in [0.717, 1.165) is 13.8 Å². The smallest absolute Gasteiger partial charge is 0.279 e. The van der Waals surface area contributed by atoms with E-state index in [1.165, 1.54) is 7.05 Å². The fourth-order valence-electron chi connectivity index (χ4n) is 0.418. The molecular weight excluding hydrogens is 170 g/mol. The van der Waals surface area contributed by atoms with Gasteiger partial charge in [-0.15, -0.1) is 0 Å². The largest absolute Gasteiger partial charge is 0.358 e. The molecule has 0 aromatic carbocycles. The van der Waals surface area contributed by atoms with E-state index in [4.69, 9.17) is 4.55 Å². The van der Waals surface area contributed by atoms with Crippen LogP contribution in [-0.2, 0) is 14.9 Å². The molecule has 2 N–H and O–H groups in total. The van der Waals surface area contributed by atoms with Crippen LogP contribution in [0.3, 0.4) is 0 Å². The van der Waals surface area contributed by atoms with Gasteiger partial charge in [-0.3, -0.25) is 9.35 Å². The molecule has 0 atom stereocenters. The predicted octanol–water partition coefficient (Wildman–Crippen LogP) is -0.601. The maximum atomic E-state index is 10.8. The second-order valence-corrected chi connectivity index (χ2v) is 4.54. The first-order valence-corrected chi connectivity index (χ1v) is 4.36. The number of hydrogen-bond acceptors (Lipinski definition) is 3. The molecule has 0 heterocycles. The van der Waals surface area contributed by atoms with Crippen molar-refractivity contribution >= 4 is 16.0 Å². The van der Waals surface area contributed by atoms with Gasteiger partial charge in [0.1, 0.15) is 0 Å². The Morgan fingerprint density at radius 3 is 1.91 bits per heavy atom. The van der Waals surface area contributed by atoms with Gasteiger partial charge in [0.2, 0.25) is 5.91 Å². The Labute approximate surface area is 65.5 Å². The molecule has 0 aromatic rings. The van der Waals surface area contributed by atoms with Gasteiger partial charge >= 0.3 is 0 Å². The molecule has 0 spiro atoms. The summed E-state index contributed by atoms with van der Waals surface area (Å²) in [7, 11) is -3.02. The lowest BCUT2D eigenvalue weighted by Gasteiger charge is -2.17. The highest BCUT2D eigenvalue weighted by Crippen LogP contribution is 2.13. The van der Waals surface area contributed by atoms with Gasteiger partial charge < -0.3 is 5.32 Å². The molecule has 6 heteroatoms. The summed E-state index contributed by atoms with van der Waals surface area (Å²) in [6.07, 6.45) is 0. The first-order valence-electron chi connectivity index (χ1n) is 2.92. The molecule has 0 bridgehead atoms. The Bertz CT molecular complexity index is 254. The van der Waals surface area contributed by atoms with Gasteiger partial charge in [0, 0.05) is 7.05 Å². The summed E-state index contributed by atoms with van der Waals surface area (Å²) >= 11 is 0. The number of rotatable bonds is 2. The zero-order valence-corrected chi connectivity index (χ0v) is 7.40. The average Bonchev–Trinajstić information content (AvgIpc) is 1.83.